The summed E-state index contributed by atoms with van der Waals surface area (Å²) in [4.78, 5) is 0. The van der Waals surface area contributed by atoms with E-state index in [1.54, 1.807) is 23.0 Å². The highest BCUT2D eigenvalue weighted by Gasteiger charge is 2.13. The molecule has 96 valence electrons. The second-order valence-corrected chi connectivity index (χ2v) is 4.60. The second-order valence-electron chi connectivity index (χ2n) is 4.60. The molecule has 0 fully saturated rings. The van der Waals surface area contributed by atoms with E-state index in [9.17, 15) is 9.50 Å². The highest BCUT2D eigenvalue weighted by Crippen LogP contribution is 2.22. The first kappa shape index (κ1) is 12.8. The summed E-state index contributed by atoms with van der Waals surface area (Å²) < 4.78 is 15.3. The van der Waals surface area contributed by atoms with Gasteiger partial charge in [0.25, 0.3) is 0 Å². The summed E-state index contributed by atoms with van der Waals surface area (Å²) >= 11 is 0. The first-order valence-corrected chi connectivity index (χ1v) is 5.98. The van der Waals surface area contributed by atoms with E-state index < -0.39 is 6.10 Å². The van der Waals surface area contributed by atoms with Crippen molar-refractivity contribution >= 4 is 0 Å². The molecule has 0 saturated carbocycles. The van der Waals surface area contributed by atoms with Crippen LogP contribution in [-0.2, 0) is 13.5 Å². The summed E-state index contributed by atoms with van der Waals surface area (Å²) in [6, 6.07) is 4.80. The molecule has 0 radical (unpaired) electrons. The number of halogens is 1. The van der Waals surface area contributed by atoms with Gasteiger partial charge in [-0.1, -0.05) is 17.7 Å². The van der Waals surface area contributed by atoms with Crippen molar-refractivity contribution in [1.29, 1.82) is 0 Å². The number of aliphatic hydroxyl groups is 1. The van der Waals surface area contributed by atoms with Crippen LogP contribution in [-0.4, -0.2) is 14.9 Å². The number of nitrogens with zero attached hydrogens (tertiary/aromatic N) is 2. The lowest BCUT2D eigenvalue weighted by molar-refractivity contribution is 0.163. The zero-order chi connectivity index (χ0) is 13.1. The molecule has 1 unspecified atom stereocenters. The van der Waals surface area contributed by atoms with E-state index in [1.807, 2.05) is 20.2 Å². The summed E-state index contributed by atoms with van der Waals surface area (Å²) in [6.45, 7) is 1.89. The molecular weight excluding hydrogens is 231 g/mol. The average Bonchev–Trinajstić information content (AvgIpc) is 2.75. The lowest BCUT2D eigenvalue weighted by atomic mass is 10.0. The highest BCUT2D eigenvalue weighted by molar-refractivity contribution is 5.26. The third kappa shape index (κ3) is 2.96. The molecule has 0 saturated heterocycles. The van der Waals surface area contributed by atoms with Crippen molar-refractivity contribution in [2.24, 2.45) is 7.05 Å². The van der Waals surface area contributed by atoms with Crippen molar-refractivity contribution in [2.45, 2.75) is 25.9 Å². The highest BCUT2D eigenvalue weighted by atomic mass is 19.1. The van der Waals surface area contributed by atoms with Gasteiger partial charge in [0.2, 0.25) is 0 Å². The summed E-state index contributed by atoms with van der Waals surface area (Å²) in [5, 5.41) is 14.1. The first-order valence-electron chi connectivity index (χ1n) is 5.98. The third-order valence-electron chi connectivity index (χ3n) is 2.98. The standard InChI is InChI=1S/C14H17FN2O/c1-10-3-5-13(15)12(7-10)14(18)6-4-11-8-16-17(2)9-11/h3,5,7-9,14,18H,4,6H2,1-2H3. The van der Waals surface area contributed by atoms with E-state index in [-0.39, 0.29) is 5.82 Å². The Kier molecular flexibility index (Phi) is 3.77. The monoisotopic (exact) mass is 248 g/mol. The number of aromatic nitrogens is 2. The van der Waals surface area contributed by atoms with Gasteiger partial charge < -0.3 is 5.11 Å². The van der Waals surface area contributed by atoms with Crippen LogP contribution in [0.2, 0.25) is 0 Å². The van der Waals surface area contributed by atoms with Crippen LogP contribution < -0.4 is 0 Å². The van der Waals surface area contributed by atoms with Crippen molar-refractivity contribution in [3.8, 4) is 0 Å². The minimum Gasteiger partial charge on any atom is -0.388 e. The Labute approximate surface area is 106 Å². The third-order valence-corrected chi connectivity index (χ3v) is 2.98. The minimum atomic E-state index is -0.773. The fourth-order valence-corrected chi connectivity index (χ4v) is 1.98. The Hall–Kier alpha value is -1.68. The number of aryl methyl sites for hydroxylation is 3. The van der Waals surface area contributed by atoms with Gasteiger partial charge in [0, 0.05) is 18.8 Å². The quantitative estimate of drug-likeness (QED) is 0.903. The van der Waals surface area contributed by atoms with Gasteiger partial charge in [-0.05, 0) is 31.4 Å². The van der Waals surface area contributed by atoms with E-state index in [4.69, 9.17) is 0 Å². The molecule has 0 aliphatic rings. The van der Waals surface area contributed by atoms with Crippen molar-refractivity contribution in [1.82, 2.24) is 9.78 Å². The predicted octanol–water partition coefficient (Wildman–Crippen LogP) is 2.53. The molecule has 0 bridgehead atoms. The Bertz CT molecular complexity index is 536. The number of rotatable bonds is 4. The molecule has 3 nitrogen and oxygen atoms in total. The molecule has 0 amide bonds. The van der Waals surface area contributed by atoms with Crippen LogP contribution in [0.5, 0.6) is 0 Å². The second kappa shape index (κ2) is 5.31. The topological polar surface area (TPSA) is 38.1 Å². The molecule has 1 N–H and O–H groups in total. The van der Waals surface area contributed by atoms with E-state index >= 15 is 0 Å². The van der Waals surface area contributed by atoms with Crippen molar-refractivity contribution in [2.75, 3.05) is 0 Å². The fourth-order valence-electron chi connectivity index (χ4n) is 1.98. The number of aliphatic hydroxyl groups excluding tert-OH is 1. The number of hydrogen-bond donors (Lipinski definition) is 1. The molecule has 1 heterocycles. The Morgan fingerprint density at radius 3 is 2.89 bits per heavy atom. The SMILES string of the molecule is Cc1ccc(F)c(C(O)CCc2cnn(C)c2)c1. The Balaban J connectivity index is 2.03. The van der Waals surface area contributed by atoms with E-state index in [1.165, 1.54) is 6.07 Å². The van der Waals surface area contributed by atoms with Gasteiger partial charge in [-0.15, -0.1) is 0 Å². The first-order chi connectivity index (χ1) is 8.56. The molecule has 4 heteroatoms. The Morgan fingerprint density at radius 1 is 1.44 bits per heavy atom. The van der Waals surface area contributed by atoms with Crippen molar-refractivity contribution < 1.29 is 9.50 Å². The van der Waals surface area contributed by atoms with Gasteiger partial charge in [0.05, 0.1) is 12.3 Å². The normalized spacial score (nSPS) is 12.7. The summed E-state index contributed by atoms with van der Waals surface area (Å²) in [5.74, 6) is -0.348. The number of benzene rings is 1. The maximum atomic E-state index is 13.6. The Morgan fingerprint density at radius 2 is 2.22 bits per heavy atom. The lowest BCUT2D eigenvalue weighted by Gasteiger charge is -2.12. The van der Waals surface area contributed by atoms with Gasteiger partial charge in [-0.3, -0.25) is 4.68 Å². The van der Waals surface area contributed by atoms with Crippen molar-refractivity contribution in [3.63, 3.8) is 0 Å². The zero-order valence-electron chi connectivity index (χ0n) is 10.6. The smallest absolute Gasteiger partial charge is 0.129 e. The molecule has 2 aromatic rings. The molecule has 1 aromatic heterocycles. The van der Waals surface area contributed by atoms with Crippen LogP contribution in [0.15, 0.2) is 30.6 Å². The maximum absolute atomic E-state index is 13.6. The molecule has 18 heavy (non-hydrogen) atoms. The van der Waals surface area contributed by atoms with E-state index in [2.05, 4.69) is 5.10 Å². The van der Waals surface area contributed by atoms with Gasteiger partial charge in [0.1, 0.15) is 5.82 Å². The van der Waals surface area contributed by atoms with Gasteiger partial charge in [-0.2, -0.15) is 5.10 Å². The summed E-state index contributed by atoms with van der Waals surface area (Å²) in [6.07, 6.45) is 4.07. The van der Waals surface area contributed by atoms with E-state index in [0.717, 1.165) is 11.1 Å². The van der Waals surface area contributed by atoms with Crippen LogP contribution in [0.1, 0.15) is 29.2 Å². The van der Waals surface area contributed by atoms with Crippen LogP contribution in [0, 0.1) is 12.7 Å². The lowest BCUT2D eigenvalue weighted by Crippen LogP contribution is -2.02. The number of hydrogen-bond acceptors (Lipinski definition) is 2. The molecule has 0 aliphatic carbocycles. The molecular formula is C14H17FN2O. The minimum absolute atomic E-state index is 0.348. The van der Waals surface area contributed by atoms with Crippen LogP contribution in [0.4, 0.5) is 4.39 Å². The summed E-state index contributed by atoms with van der Waals surface area (Å²) in [5.41, 5.74) is 2.37. The van der Waals surface area contributed by atoms with E-state index in [0.29, 0.717) is 18.4 Å². The largest absolute Gasteiger partial charge is 0.388 e. The molecule has 1 atom stereocenters. The molecule has 2 rings (SSSR count). The average molecular weight is 248 g/mol. The predicted molar refractivity (Wildman–Crippen MR) is 67.6 cm³/mol. The van der Waals surface area contributed by atoms with Crippen LogP contribution >= 0.6 is 0 Å². The summed E-state index contributed by atoms with van der Waals surface area (Å²) in [7, 11) is 1.85. The van der Waals surface area contributed by atoms with Crippen LogP contribution in [0.3, 0.4) is 0 Å². The van der Waals surface area contributed by atoms with Crippen molar-refractivity contribution in [3.05, 3.63) is 53.1 Å². The molecule has 1 aromatic carbocycles. The van der Waals surface area contributed by atoms with Gasteiger partial charge in [0.15, 0.2) is 0 Å². The fraction of sp³-hybridized carbons (Fsp3) is 0.357. The molecule has 0 aliphatic heterocycles. The zero-order valence-corrected chi connectivity index (χ0v) is 10.6. The maximum Gasteiger partial charge on any atom is 0.129 e. The van der Waals surface area contributed by atoms with Gasteiger partial charge >= 0.3 is 0 Å². The van der Waals surface area contributed by atoms with Crippen LogP contribution in [0.25, 0.3) is 0 Å². The van der Waals surface area contributed by atoms with Gasteiger partial charge in [-0.25, -0.2) is 4.39 Å². The molecule has 0 spiro atoms.